The van der Waals surface area contributed by atoms with Crippen LogP contribution in [0, 0.1) is 0 Å². The smallest absolute Gasteiger partial charge is 0.237 e. The molecule has 1 aliphatic rings. The summed E-state index contributed by atoms with van der Waals surface area (Å²) in [6.07, 6.45) is 6.62. The summed E-state index contributed by atoms with van der Waals surface area (Å²) in [7, 11) is 0. The highest BCUT2D eigenvalue weighted by Crippen LogP contribution is 2.39. The van der Waals surface area contributed by atoms with E-state index < -0.39 is 0 Å². The molecular weight excluding hydrogens is 609 g/mol. The van der Waals surface area contributed by atoms with Gasteiger partial charge in [-0.25, -0.2) is 4.98 Å². The number of aromatic nitrogens is 4. The molecule has 50 heavy (non-hydrogen) atoms. The standard InChI is InChI=1S/C46H30N4/c1-2-15-32-30(13-1)31-14-3-4-16-33(31)39-27-29(25-26-34(32)39)40-28-45(49-41-21-9-5-17-35(41)36-18-6-10-22-42(36)49)48-46(47-40)50-43-23-11-7-19-37(43)38-20-8-12-24-44(38)50/h1-5,7-17,19-28H,6,18H2. The van der Waals surface area contributed by atoms with Gasteiger partial charge in [-0.15, -0.1) is 0 Å². The molecule has 0 atom stereocenters. The topological polar surface area (TPSA) is 35.6 Å². The molecular formula is C46H30N4. The number of rotatable bonds is 3. The van der Waals surface area contributed by atoms with Crippen molar-refractivity contribution in [1.29, 1.82) is 0 Å². The third kappa shape index (κ3) is 3.87. The van der Waals surface area contributed by atoms with Crippen LogP contribution >= 0.6 is 0 Å². The van der Waals surface area contributed by atoms with Gasteiger partial charge in [0.2, 0.25) is 5.95 Å². The summed E-state index contributed by atoms with van der Waals surface area (Å²) in [5.74, 6) is 1.52. The Labute approximate surface area is 288 Å². The SMILES string of the molecule is C1=Cc2c(c3ccccc3n2-c2cc(-c3ccc4c5ccccc5c5ccccc5c4c3)nc(-n3c4ccccc4c4ccccc43)n2)CC1. The van der Waals surface area contributed by atoms with Crippen LogP contribution in [-0.2, 0) is 6.42 Å². The molecule has 234 valence electrons. The van der Waals surface area contributed by atoms with Crippen molar-refractivity contribution >= 4 is 71.1 Å². The van der Waals surface area contributed by atoms with Crippen molar-refractivity contribution in [2.45, 2.75) is 12.8 Å². The second kappa shape index (κ2) is 10.5. The second-order valence-corrected chi connectivity index (χ2v) is 13.3. The molecule has 3 heterocycles. The molecule has 0 amide bonds. The number of para-hydroxylation sites is 3. The van der Waals surface area contributed by atoms with Crippen LogP contribution in [0.25, 0.3) is 94.1 Å². The fourth-order valence-corrected chi connectivity index (χ4v) is 8.42. The van der Waals surface area contributed by atoms with Crippen LogP contribution in [0.1, 0.15) is 17.7 Å². The Morgan fingerprint density at radius 2 is 0.960 bits per heavy atom. The minimum absolute atomic E-state index is 0.657. The van der Waals surface area contributed by atoms with Gasteiger partial charge < -0.3 is 0 Å². The predicted molar refractivity (Wildman–Crippen MR) is 209 cm³/mol. The van der Waals surface area contributed by atoms with Gasteiger partial charge in [0, 0.05) is 27.8 Å². The number of allylic oxidation sites excluding steroid dienone is 1. The molecule has 0 saturated heterocycles. The zero-order valence-electron chi connectivity index (χ0n) is 27.2. The van der Waals surface area contributed by atoms with Gasteiger partial charge in [-0.1, -0.05) is 121 Å². The molecule has 1 aliphatic carbocycles. The molecule has 3 aromatic heterocycles. The molecule has 4 nitrogen and oxygen atoms in total. The molecule has 0 aliphatic heterocycles. The maximum Gasteiger partial charge on any atom is 0.237 e. The van der Waals surface area contributed by atoms with E-state index in [9.17, 15) is 0 Å². The number of hydrogen-bond donors (Lipinski definition) is 0. The first-order valence-electron chi connectivity index (χ1n) is 17.3. The molecule has 7 aromatic carbocycles. The lowest BCUT2D eigenvalue weighted by Crippen LogP contribution is -2.09. The number of hydrogen-bond acceptors (Lipinski definition) is 2. The highest BCUT2D eigenvalue weighted by atomic mass is 15.2. The fraction of sp³-hybridized carbons (Fsp3) is 0.0435. The molecule has 4 heteroatoms. The summed E-state index contributed by atoms with van der Waals surface area (Å²) < 4.78 is 4.57. The van der Waals surface area contributed by atoms with Gasteiger partial charge in [0.05, 0.1) is 27.9 Å². The molecule has 0 radical (unpaired) electrons. The third-order valence-electron chi connectivity index (χ3n) is 10.6. The Bertz CT molecular complexity index is 2960. The summed E-state index contributed by atoms with van der Waals surface area (Å²) in [6, 6.07) is 52.4. The van der Waals surface area contributed by atoms with E-state index in [4.69, 9.17) is 9.97 Å². The van der Waals surface area contributed by atoms with Crippen molar-refractivity contribution in [3.8, 4) is 23.0 Å². The Hall–Kier alpha value is -6.52. The van der Waals surface area contributed by atoms with Crippen molar-refractivity contribution in [3.63, 3.8) is 0 Å². The lowest BCUT2D eigenvalue weighted by Gasteiger charge is -2.16. The maximum absolute atomic E-state index is 5.44. The number of benzene rings is 7. The van der Waals surface area contributed by atoms with Crippen LogP contribution in [0.2, 0.25) is 0 Å². The minimum atomic E-state index is 0.657. The molecule has 0 fully saturated rings. The quantitative estimate of drug-likeness (QED) is 0.181. The number of nitrogens with zero attached hydrogens (tertiary/aromatic N) is 4. The van der Waals surface area contributed by atoms with E-state index in [1.54, 1.807) is 0 Å². The van der Waals surface area contributed by atoms with Gasteiger partial charge in [0.15, 0.2) is 0 Å². The Morgan fingerprint density at radius 1 is 0.440 bits per heavy atom. The van der Waals surface area contributed by atoms with Gasteiger partial charge in [-0.3, -0.25) is 9.13 Å². The first-order valence-corrected chi connectivity index (χ1v) is 17.3. The van der Waals surface area contributed by atoms with Crippen LogP contribution in [-0.4, -0.2) is 19.1 Å². The van der Waals surface area contributed by atoms with Crippen molar-refractivity contribution in [3.05, 3.63) is 163 Å². The lowest BCUT2D eigenvalue weighted by molar-refractivity contribution is 0.917. The molecule has 10 aromatic rings. The summed E-state index contributed by atoms with van der Waals surface area (Å²) in [5, 5.41) is 11.2. The van der Waals surface area contributed by atoms with Crippen molar-refractivity contribution in [2.24, 2.45) is 0 Å². The van der Waals surface area contributed by atoms with E-state index in [1.165, 1.54) is 59.7 Å². The van der Waals surface area contributed by atoms with Gasteiger partial charge in [-0.05, 0) is 81.1 Å². The van der Waals surface area contributed by atoms with Crippen LogP contribution in [0.5, 0.6) is 0 Å². The normalized spacial score (nSPS) is 13.0. The minimum Gasteiger partial charge on any atom is -0.294 e. The van der Waals surface area contributed by atoms with Gasteiger partial charge in [-0.2, -0.15) is 4.98 Å². The summed E-state index contributed by atoms with van der Waals surface area (Å²) in [6.45, 7) is 0. The maximum atomic E-state index is 5.44. The van der Waals surface area contributed by atoms with E-state index in [1.807, 2.05) is 0 Å². The van der Waals surface area contributed by atoms with E-state index in [0.717, 1.165) is 46.5 Å². The van der Waals surface area contributed by atoms with Crippen molar-refractivity contribution in [1.82, 2.24) is 19.1 Å². The summed E-state index contributed by atoms with van der Waals surface area (Å²) in [4.78, 5) is 10.9. The molecule has 0 N–H and O–H groups in total. The zero-order valence-corrected chi connectivity index (χ0v) is 27.2. The monoisotopic (exact) mass is 638 g/mol. The Morgan fingerprint density at radius 3 is 1.60 bits per heavy atom. The highest BCUT2D eigenvalue weighted by molar-refractivity contribution is 6.25. The third-order valence-corrected chi connectivity index (χ3v) is 10.6. The number of fused-ring (bicyclic) bond motifs is 12. The first-order chi connectivity index (χ1) is 24.8. The second-order valence-electron chi connectivity index (χ2n) is 13.3. The van der Waals surface area contributed by atoms with Crippen molar-refractivity contribution in [2.75, 3.05) is 0 Å². The van der Waals surface area contributed by atoms with Crippen LogP contribution in [0.3, 0.4) is 0 Å². The van der Waals surface area contributed by atoms with Gasteiger partial charge >= 0.3 is 0 Å². The Balaban J connectivity index is 1.25. The molecule has 11 rings (SSSR count). The van der Waals surface area contributed by atoms with Crippen LogP contribution in [0.15, 0.2) is 152 Å². The predicted octanol–water partition coefficient (Wildman–Crippen LogP) is 11.6. The highest BCUT2D eigenvalue weighted by Gasteiger charge is 2.22. The first kappa shape index (κ1) is 27.4. The molecule has 0 saturated carbocycles. The van der Waals surface area contributed by atoms with E-state index in [2.05, 4.69) is 167 Å². The van der Waals surface area contributed by atoms with Gasteiger partial charge in [0.1, 0.15) is 5.82 Å². The molecule has 0 unspecified atom stereocenters. The molecule has 0 bridgehead atoms. The Kier molecular flexibility index (Phi) is 5.75. The lowest BCUT2D eigenvalue weighted by atomic mass is 9.93. The van der Waals surface area contributed by atoms with E-state index in [0.29, 0.717) is 5.95 Å². The average molecular weight is 639 g/mol. The summed E-state index contributed by atoms with van der Waals surface area (Å²) in [5.41, 5.74) is 7.87. The van der Waals surface area contributed by atoms with E-state index in [-0.39, 0.29) is 0 Å². The summed E-state index contributed by atoms with van der Waals surface area (Å²) >= 11 is 0. The average Bonchev–Trinajstić information content (AvgIpc) is 3.71. The van der Waals surface area contributed by atoms with Gasteiger partial charge in [0.25, 0.3) is 0 Å². The zero-order chi connectivity index (χ0) is 32.8. The fourth-order valence-electron chi connectivity index (χ4n) is 8.42. The largest absolute Gasteiger partial charge is 0.294 e. The van der Waals surface area contributed by atoms with Crippen LogP contribution < -0.4 is 0 Å². The van der Waals surface area contributed by atoms with E-state index >= 15 is 0 Å². The molecule has 0 spiro atoms. The van der Waals surface area contributed by atoms with Crippen molar-refractivity contribution < 1.29 is 0 Å². The van der Waals surface area contributed by atoms with Crippen LogP contribution in [0.4, 0.5) is 0 Å². The number of aryl methyl sites for hydroxylation is 1.